The molecule has 0 saturated carbocycles. The second-order valence-corrected chi connectivity index (χ2v) is 4.38. The van der Waals surface area contributed by atoms with Crippen molar-refractivity contribution in [1.29, 1.82) is 0 Å². The lowest BCUT2D eigenvalue weighted by Crippen LogP contribution is -1.83. The Labute approximate surface area is 115 Å². The molecule has 94 valence electrons. The minimum atomic E-state index is 0.688. The van der Waals surface area contributed by atoms with E-state index in [4.69, 9.17) is 20.8 Å². The Morgan fingerprint density at radius 1 is 0.895 bits per heavy atom. The first-order valence-electron chi connectivity index (χ1n) is 5.73. The molecule has 3 aromatic rings. The first-order chi connectivity index (χ1) is 9.31. The van der Waals surface area contributed by atoms with E-state index >= 15 is 0 Å². The van der Waals surface area contributed by atoms with Crippen LogP contribution in [-0.4, -0.2) is 4.98 Å². The third kappa shape index (κ3) is 2.77. The van der Waals surface area contributed by atoms with Crippen LogP contribution in [0.4, 0.5) is 0 Å². The highest BCUT2D eigenvalue weighted by Crippen LogP contribution is 2.26. The van der Waals surface area contributed by atoms with Crippen LogP contribution < -0.4 is 4.74 Å². The van der Waals surface area contributed by atoms with E-state index in [-0.39, 0.29) is 0 Å². The summed E-state index contributed by atoms with van der Waals surface area (Å²) >= 11 is 5.82. The Hall–Kier alpha value is -2.26. The number of nitrogens with zero attached hydrogens (tertiary/aromatic N) is 1. The molecule has 0 N–H and O–H groups in total. The Morgan fingerprint density at radius 3 is 2.11 bits per heavy atom. The standard InChI is InChI=1S/C15H10ClNO2/c16-12-3-7-14(8-4-12)19-13-5-1-11(2-6-13)15-9-17-10-18-15/h1-10H. The number of halogens is 1. The number of oxazole rings is 1. The molecule has 2 aromatic carbocycles. The fourth-order valence-electron chi connectivity index (χ4n) is 1.68. The summed E-state index contributed by atoms with van der Waals surface area (Å²) in [5.74, 6) is 2.24. The molecule has 0 atom stereocenters. The van der Waals surface area contributed by atoms with Gasteiger partial charge in [0.15, 0.2) is 12.2 Å². The van der Waals surface area contributed by atoms with Crippen molar-refractivity contribution in [2.24, 2.45) is 0 Å². The molecular weight excluding hydrogens is 262 g/mol. The summed E-state index contributed by atoms with van der Waals surface area (Å²) in [6.45, 7) is 0. The highest BCUT2D eigenvalue weighted by atomic mass is 35.5. The van der Waals surface area contributed by atoms with Gasteiger partial charge in [-0.3, -0.25) is 0 Å². The molecule has 0 radical (unpaired) electrons. The van der Waals surface area contributed by atoms with E-state index in [2.05, 4.69) is 4.98 Å². The van der Waals surface area contributed by atoms with Gasteiger partial charge in [-0.2, -0.15) is 0 Å². The van der Waals surface area contributed by atoms with E-state index in [9.17, 15) is 0 Å². The van der Waals surface area contributed by atoms with E-state index in [0.717, 1.165) is 22.8 Å². The van der Waals surface area contributed by atoms with Crippen molar-refractivity contribution >= 4 is 11.6 Å². The van der Waals surface area contributed by atoms with Gasteiger partial charge in [0.2, 0.25) is 0 Å². The second-order valence-electron chi connectivity index (χ2n) is 3.95. The number of rotatable bonds is 3. The Balaban J connectivity index is 1.77. The molecule has 1 heterocycles. The van der Waals surface area contributed by atoms with Gasteiger partial charge in [-0.15, -0.1) is 0 Å². The van der Waals surface area contributed by atoms with Crippen LogP contribution in [0.5, 0.6) is 11.5 Å². The summed E-state index contributed by atoms with van der Waals surface area (Å²) in [6.07, 6.45) is 3.09. The monoisotopic (exact) mass is 271 g/mol. The third-order valence-corrected chi connectivity index (χ3v) is 2.87. The van der Waals surface area contributed by atoms with Crippen LogP contribution in [0.25, 0.3) is 11.3 Å². The van der Waals surface area contributed by atoms with Crippen molar-refractivity contribution < 1.29 is 9.15 Å². The number of ether oxygens (including phenoxy) is 1. The van der Waals surface area contributed by atoms with Gasteiger partial charge in [0.1, 0.15) is 11.5 Å². The predicted molar refractivity (Wildman–Crippen MR) is 73.5 cm³/mol. The van der Waals surface area contributed by atoms with Crippen LogP contribution in [0, 0.1) is 0 Å². The van der Waals surface area contributed by atoms with Gasteiger partial charge in [0.25, 0.3) is 0 Å². The topological polar surface area (TPSA) is 35.3 Å². The van der Waals surface area contributed by atoms with Gasteiger partial charge in [-0.25, -0.2) is 4.98 Å². The molecule has 1 aromatic heterocycles. The maximum atomic E-state index is 5.82. The summed E-state index contributed by atoms with van der Waals surface area (Å²) in [4.78, 5) is 3.89. The summed E-state index contributed by atoms with van der Waals surface area (Å²) in [5, 5.41) is 0.688. The average Bonchev–Trinajstić information content (AvgIpc) is 2.96. The largest absolute Gasteiger partial charge is 0.457 e. The van der Waals surface area contributed by atoms with Crippen LogP contribution in [-0.2, 0) is 0 Å². The maximum absolute atomic E-state index is 5.82. The molecule has 0 fully saturated rings. The predicted octanol–water partition coefficient (Wildman–Crippen LogP) is 4.79. The van der Waals surface area contributed by atoms with Crippen molar-refractivity contribution in [2.45, 2.75) is 0 Å². The van der Waals surface area contributed by atoms with Gasteiger partial charge in [-0.05, 0) is 48.5 Å². The third-order valence-electron chi connectivity index (χ3n) is 2.62. The molecule has 0 bridgehead atoms. The highest BCUT2D eigenvalue weighted by molar-refractivity contribution is 6.30. The van der Waals surface area contributed by atoms with Crippen molar-refractivity contribution in [3.63, 3.8) is 0 Å². The van der Waals surface area contributed by atoms with E-state index in [0.29, 0.717) is 5.02 Å². The quantitative estimate of drug-likeness (QED) is 0.687. The molecule has 0 amide bonds. The smallest absolute Gasteiger partial charge is 0.181 e. The van der Waals surface area contributed by atoms with Gasteiger partial charge in [-0.1, -0.05) is 11.6 Å². The van der Waals surface area contributed by atoms with Crippen molar-refractivity contribution in [3.05, 3.63) is 66.1 Å². The normalized spacial score (nSPS) is 10.4. The van der Waals surface area contributed by atoms with Crippen molar-refractivity contribution in [1.82, 2.24) is 4.98 Å². The Kier molecular flexibility index (Phi) is 3.21. The molecular formula is C15H10ClNO2. The zero-order valence-corrected chi connectivity index (χ0v) is 10.7. The SMILES string of the molecule is Clc1ccc(Oc2ccc(-c3cnco3)cc2)cc1. The van der Waals surface area contributed by atoms with Crippen LogP contribution in [0.1, 0.15) is 0 Å². The minimum Gasteiger partial charge on any atom is -0.457 e. The minimum absolute atomic E-state index is 0.688. The molecule has 0 saturated heterocycles. The fraction of sp³-hybridized carbons (Fsp3) is 0. The van der Waals surface area contributed by atoms with Crippen molar-refractivity contribution in [3.8, 4) is 22.8 Å². The second kappa shape index (κ2) is 5.16. The Bertz CT molecular complexity index is 646. The highest BCUT2D eigenvalue weighted by Gasteiger charge is 2.02. The summed E-state index contributed by atoms with van der Waals surface area (Å²) < 4.78 is 10.9. The van der Waals surface area contributed by atoms with Gasteiger partial charge in [0.05, 0.1) is 6.20 Å². The first-order valence-corrected chi connectivity index (χ1v) is 6.11. The van der Waals surface area contributed by atoms with Gasteiger partial charge < -0.3 is 9.15 Å². The molecule has 0 aliphatic rings. The molecule has 0 spiro atoms. The lowest BCUT2D eigenvalue weighted by atomic mass is 10.2. The summed E-state index contributed by atoms with van der Waals surface area (Å²) in [7, 11) is 0. The fourth-order valence-corrected chi connectivity index (χ4v) is 1.81. The molecule has 3 nitrogen and oxygen atoms in total. The van der Waals surface area contributed by atoms with Crippen LogP contribution in [0.2, 0.25) is 5.02 Å². The molecule has 19 heavy (non-hydrogen) atoms. The summed E-state index contributed by atoms with van der Waals surface area (Å²) in [5.41, 5.74) is 0.959. The summed E-state index contributed by atoms with van der Waals surface area (Å²) in [6, 6.07) is 14.8. The van der Waals surface area contributed by atoms with Crippen LogP contribution in [0.3, 0.4) is 0 Å². The van der Waals surface area contributed by atoms with E-state index < -0.39 is 0 Å². The number of hydrogen-bond donors (Lipinski definition) is 0. The lowest BCUT2D eigenvalue weighted by Gasteiger charge is -2.06. The molecule has 3 rings (SSSR count). The van der Waals surface area contributed by atoms with E-state index in [1.54, 1.807) is 18.3 Å². The number of hydrogen-bond acceptors (Lipinski definition) is 3. The Morgan fingerprint density at radius 2 is 1.53 bits per heavy atom. The average molecular weight is 272 g/mol. The van der Waals surface area contributed by atoms with Gasteiger partial charge in [0, 0.05) is 10.6 Å². The molecule has 4 heteroatoms. The lowest BCUT2D eigenvalue weighted by molar-refractivity contribution is 0.482. The van der Waals surface area contributed by atoms with E-state index in [1.807, 2.05) is 36.4 Å². The van der Waals surface area contributed by atoms with Crippen LogP contribution >= 0.6 is 11.6 Å². The van der Waals surface area contributed by atoms with Crippen LogP contribution in [0.15, 0.2) is 65.5 Å². The molecule has 0 unspecified atom stereocenters. The van der Waals surface area contributed by atoms with E-state index in [1.165, 1.54) is 6.39 Å². The zero-order valence-electron chi connectivity index (χ0n) is 9.92. The molecule has 0 aliphatic heterocycles. The zero-order chi connectivity index (χ0) is 13.1. The molecule has 0 aliphatic carbocycles. The first kappa shape index (κ1) is 11.8. The number of benzene rings is 2. The number of aromatic nitrogens is 1. The van der Waals surface area contributed by atoms with Crippen molar-refractivity contribution in [2.75, 3.05) is 0 Å². The maximum Gasteiger partial charge on any atom is 0.181 e. The van der Waals surface area contributed by atoms with Gasteiger partial charge >= 0.3 is 0 Å².